The fourth-order valence-corrected chi connectivity index (χ4v) is 2.07. The summed E-state index contributed by atoms with van der Waals surface area (Å²) in [5, 5.41) is 1.01. The van der Waals surface area contributed by atoms with E-state index in [1.54, 1.807) is 18.2 Å². The van der Waals surface area contributed by atoms with Gasteiger partial charge in [0.2, 0.25) is 0 Å². The van der Waals surface area contributed by atoms with Crippen LogP contribution in [0.1, 0.15) is 0 Å². The molecule has 3 aromatic rings. The van der Waals surface area contributed by atoms with Crippen molar-refractivity contribution in [1.29, 1.82) is 0 Å². The van der Waals surface area contributed by atoms with Crippen LogP contribution in [0.3, 0.4) is 0 Å². The van der Waals surface area contributed by atoms with E-state index in [9.17, 15) is 8.78 Å². The summed E-state index contributed by atoms with van der Waals surface area (Å²) in [6, 6.07) is 11.0. The molecule has 1 aromatic heterocycles. The summed E-state index contributed by atoms with van der Waals surface area (Å²) in [7, 11) is 0. The molecule has 2 aromatic carbocycles. The second kappa shape index (κ2) is 4.10. The van der Waals surface area contributed by atoms with Crippen LogP contribution in [0.2, 0.25) is 5.02 Å². The lowest BCUT2D eigenvalue weighted by atomic mass is 10.1. The van der Waals surface area contributed by atoms with Crippen LogP contribution >= 0.6 is 11.6 Å². The summed E-state index contributed by atoms with van der Waals surface area (Å²) in [6.07, 6.45) is 0. The van der Waals surface area contributed by atoms with Gasteiger partial charge in [-0.25, -0.2) is 8.78 Å². The van der Waals surface area contributed by atoms with Gasteiger partial charge in [0.1, 0.15) is 11.6 Å². The molecular weight excluding hydrogens is 256 g/mol. The van der Waals surface area contributed by atoms with Crippen LogP contribution in [-0.4, -0.2) is 4.98 Å². The highest BCUT2D eigenvalue weighted by Crippen LogP contribution is 2.27. The lowest BCUT2D eigenvalue weighted by Gasteiger charge is -1.97. The van der Waals surface area contributed by atoms with E-state index >= 15 is 0 Å². The SMILES string of the molecule is Fc1cc(F)c2cc(-c3ccc(Cl)cc3)[nH]c2c1. The molecule has 0 saturated heterocycles. The Hall–Kier alpha value is -1.87. The number of hydrogen-bond donors (Lipinski definition) is 1. The number of nitrogens with one attached hydrogen (secondary N) is 1. The third-order valence-electron chi connectivity index (χ3n) is 2.81. The maximum Gasteiger partial charge on any atom is 0.135 e. The molecule has 1 heterocycles. The third kappa shape index (κ3) is 1.87. The summed E-state index contributed by atoms with van der Waals surface area (Å²) in [6.45, 7) is 0. The molecule has 0 fully saturated rings. The minimum Gasteiger partial charge on any atom is -0.354 e. The number of halogens is 3. The molecule has 0 amide bonds. The zero-order chi connectivity index (χ0) is 12.7. The van der Waals surface area contributed by atoms with E-state index < -0.39 is 11.6 Å². The fraction of sp³-hybridized carbons (Fsp3) is 0. The van der Waals surface area contributed by atoms with E-state index in [4.69, 9.17) is 11.6 Å². The first-order chi connectivity index (χ1) is 8.63. The van der Waals surface area contributed by atoms with Crippen LogP contribution in [0.25, 0.3) is 22.2 Å². The molecule has 3 rings (SSSR count). The van der Waals surface area contributed by atoms with Crippen molar-refractivity contribution >= 4 is 22.5 Å². The normalized spacial score (nSPS) is 11.1. The lowest BCUT2D eigenvalue weighted by molar-refractivity contribution is 0.592. The van der Waals surface area contributed by atoms with Crippen LogP contribution < -0.4 is 0 Å². The van der Waals surface area contributed by atoms with Gasteiger partial charge in [0.15, 0.2) is 0 Å². The molecule has 1 N–H and O–H groups in total. The van der Waals surface area contributed by atoms with Crippen molar-refractivity contribution < 1.29 is 8.78 Å². The molecule has 0 radical (unpaired) electrons. The Balaban J connectivity index is 2.19. The molecule has 4 heteroatoms. The molecule has 90 valence electrons. The predicted molar refractivity (Wildman–Crippen MR) is 68.7 cm³/mol. The van der Waals surface area contributed by atoms with Gasteiger partial charge in [-0.2, -0.15) is 0 Å². The Morgan fingerprint density at radius 1 is 0.944 bits per heavy atom. The quantitative estimate of drug-likeness (QED) is 0.651. The van der Waals surface area contributed by atoms with Crippen molar-refractivity contribution in [1.82, 2.24) is 4.98 Å². The second-order valence-electron chi connectivity index (χ2n) is 4.04. The fourth-order valence-electron chi connectivity index (χ4n) is 1.95. The molecule has 0 unspecified atom stereocenters. The first-order valence-electron chi connectivity index (χ1n) is 5.37. The second-order valence-corrected chi connectivity index (χ2v) is 4.48. The number of hydrogen-bond acceptors (Lipinski definition) is 0. The van der Waals surface area contributed by atoms with Gasteiger partial charge in [0, 0.05) is 22.2 Å². The van der Waals surface area contributed by atoms with Gasteiger partial charge in [0.05, 0.1) is 5.52 Å². The van der Waals surface area contributed by atoms with Gasteiger partial charge in [-0.3, -0.25) is 0 Å². The van der Waals surface area contributed by atoms with Crippen LogP contribution in [0.5, 0.6) is 0 Å². The molecule has 1 nitrogen and oxygen atoms in total. The zero-order valence-electron chi connectivity index (χ0n) is 9.18. The summed E-state index contributed by atoms with van der Waals surface area (Å²) < 4.78 is 26.6. The lowest BCUT2D eigenvalue weighted by Crippen LogP contribution is -1.79. The molecule has 0 saturated carbocycles. The van der Waals surface area contributed by atoms with Gasteiger partial charge < -0.3 is 4.98 Å². The van der Waals surface area contributed by atoms with Crippen molar-refractivity contribution in [2.75, 3.05) is 0 Å². The summed E-state index contributed by atoms with van der Waals surface area (Å²) in [5.41, 5.74) is 2.04. The number of H-pyrrole nitrogens is 1. The van der Waals surface area contributed by atoms with Gasteiger partial charge in [-0.05, 0) is 29.8 Å². The highest BCUT2D eigenvalue weighted by Gasteiger charge is 2.09. The summed E-state index contributed by atoms with van der Waals surface area (Å²) >= 11 is 5.80. The van der Waals surface area contributed by atoms with E-state index in [2.05, 4.69) is 4.98 Å². The molecule has 0 aliphatic carbocycles. The van der Waals surface area contributed by atoms with Gasteiger partial charge in [0.25, 0.3) is 0 Å². The minimum atomic E-state index is -0.593. The number of rotatable bonds is 1. The zero-order valence-corrected chi connectivity index (χ0v) is 9.93. The van der Waals surface area contributed by atoms with Crippen LogP contribution in [0.4, 0.5) is 8.78 Å². The van der Waals surface area contributed by atoms with Crippen LogP contribution in [0.15, 0.2) is 42.5 Å². The molecule has 18 heavy (non-hydrogen) atoms. The highest BCUT2D eigenvalue weighted by molar-refractivity contribution is 6.30. The molecule has 0 bridgehead atoms. The predicted octanol–water partition coefficient (Wildman–Crippen LogP) is 4.77. The molecule has 0 spiro atoms. The first kappa shape index (κ1) is 11.2. The van der Waals surface area contributed by atoms with Crippen molar-refractivity contribution in [2.24, 2.45) is 0 Å². The smallest absolute Gasteiger partial charge is 0.135 e. The highest BCUT2D eigenvalue weighted by atomic mass is 35.5. The molecule has 0 aliphatic rings. The van der Waals surface area contributed by atoms with Crippen molar-refractivity contribution in [3.8, 4) is 11.3 Å². The Bertz CT molecular complexity index is 716. The van der Waals surface area contributed by atoms with E-state index in [-0.39, 0.29) is 0 Å². The molecular formula is C14H8ClF2N. The van der Waals surface area contributed by atoms with Gasteiger partial charge >= 0.3 is 0 Å². The van der Waals surface area contributed by atoms with E-state index in [1.165, 1.54) is 6.07 Å². The first-order valence-corrected chi connectivity index (χ1v) is 5.75. The van der Waals surface area contributed by atoms with Crippen molar-refractivity contribution in [3.63, 3.8) is 0 Å². The average Bonchev–Trinajstić information content (AvgIpc) is 2.74. The Kier molecular flexibility index (Phi) is 2.56. The van der Waals surface area contributed by atoms with Gasteiger partial charge in [-0.1, -0.05) is 23.7 Å². The number of benzene rings is 2. The standard InChI is InChI=1S/C14H8ClF2N/c15-9-3-1-8(2-4-9)13-7-11-12(17)5-10(16)6-14(11)18-13/h1-7,18H. The maximum absolute atomic E-state index is 13.6. The maximum atomic E-state index is 13.6. The van der Waals surface area contributed by atoms with Crippen molar-refractivity contribution in [2.45, 2.75) is 0 Å². The van der Waals surface area contributed by atoms with Crippen molar-refractivity contribution in [3.05, 3.63) is 59.1 Å². The number of fused-ring (bicyclic) bond motifs is 1. The van der Waals surface area contributed by atoms with E-state index in [1.807, 2.05) is 12.1 Å². The topological polar surface area (TPSA) is 15.8 Å². The summed E-state index contributed by atoms with van der Waals surface area (Å²) in [5.74, 6) is -1.16. The Morgan fingerprint density at radius 2 is 1.67 bits per heavy atom. The molecule has 0 aliphatic heterocycles. The number of aromatic nitrogens is 1. The average molecular weight is 264 g/mol. The van der Waals surface area contributed by atoms with E-state index in [0.717, 1.165) is 17.3 Å². The van der Waals surface area contributed by atoms with Crippen LogP contribution in [0, 0.1) is 11.6 Å². The van der Waals surface area contributed by atoms with Crippen LogP contribution in [-0.2, 0) is 0 Å². The monoisotopic (exact) mass is 263 g/mol. The summed E-state index contributed by atoms with van der Waals surface area (Å²) in [4.78, 5) is 2.99. The minimum absolute atomic E-state index is 0.376. The van der Waals surface area contributed by atoms with E-state index in [0.29, 0.717) is 15.9 Å². The Labute approximate surface area is 107 Å². The number of aromatic amines is 1. The molecule has 0 atom stereocenters. The van der Waals surface area contributed by atoms with Gasteiger partial charge in [-0.15, -0.1) is 0 Å². The Morgan fingerprint density at radius 3 is 2.39 bits per heavy atom. The largest absolute Gasteiger partial charge is 0.354 e. The third-order valence-corrected chi connectivity index (χ3v) is 3.06.